The second kappa shape index (κ2) is 8.24. The average molecular weight is 262 g/mol. The largest absolute Gasteiger partial charge is 0.506 e. The SMILES string of the molecule is CCCCC(C)(CCCC)[Si](OC)(OC)OC. The fourth-order valence-corrected chi connectivity index (χ4v) is 5.50. The molecule has 0 radical (unpaired) electrons. The predicted octanol–water partition coefficient (Wildman–Crippen LogP) is 4.01. The molecule has 0 spiro atoms. The highest BCUT2D eigenvalue weighted by atomic mass is 28.4. The molecule has 0 heterocycles. The highest BCUT2D eigenvalue weighted by Gasteiger charge is 2.55. The fourth-order valence-electron chi connectivity index (χ4n) is 2.55. The Labute approximate surface area is 108 Å². The van der Waals surface area contributed by atoms with E-state index in [-0.39, 0.29) is 5.04 Å². The fraction of sp³-hybridized carbons (Fsp3) is 1.00. The van der Waals surface area contributed by atoms with Crippen LogP contribution in [-0.4, -0.2) is 30.1 Å². The van der Waals surface area contributed by atoms with Crippen LogP contribution < -0.4 is 0 Å². The molecule has 0 amide bonds. The molecule has 0 N–H and O–H groups in total. The van der Waals surface area contributed by atoms with Crippen LogP contribution in [0.25, 0.3) is 0 Å². The summed E-state index contributed by atoms with van der Waals surface area (Å²) in [6.07, 6.45) is 7.03. The number of hydrogen-bond acceptors (Lipinski definition) is 3. The van der Waals surface area contributed by atoms with Gasteiger partial charge in [-0.1, -0.05) is 46.5 Å². The van der Waals surface area contributed by atoms with E-state index < -0.39 is 8.80 Å². The van der Waals surface area contributed by atoms with Gasteiger partial charge in [0.15, 0.2) is 0 Å². The van der Waals surface area contributed by atoms with Crippen LogP contribution in [0.3, 0.4) is 0 Å². The van der Waals surface area contributed by atoms with Crippen molar-refractivity contribution in [1.82, 2.24) is 0 Å². The Hall–Kier alpha value is 0.0969. The van der Waals surface area contributed by atoms with Crippen LogP contribution in [0.5, 0.6) is 0 Å². The third-order valence-corrected chi connectivity index (χ3v) is 7.30. The topological polar surface area (TPSA) is 27.7 Å². The first-order valence-electron chi connectivity index (χ1n) is 6.71. The number of unbranched alkanes of at least 4 members (excludes halogenated alkanes) is 2. The van der Waals surface area contributed by atoms with Crippen molar-refractivity contribution in [3.8, 4) is 0 Å². The average Bonchev–Trinajstić information content (AvgIpc) is 2.36. The highest BCUT2D eigenvalue weighted by Crippen LogP contribution is 2.47. The van der Waals surface area contributed by atoms with Gasteiger partial charge >= 0.3 is 8.80 Å². The molecule has 0 saturated carbocycles. The molecular formula is C13H30O3Si. The molecule has 0 aromatic carbocycles. The number of hydrogen-bond donors (Lipinski definition) is 0. The Bertz CT molecular complexity index is 177. The number of rotatable bonds is 10. The van der Waals surface area contributed by atoms with Gasteiger partial charge in [0.1, 0.15) is 0 Å². The second-order valence-corrected chi connectivity index (χ2v) is 8.48. The van der Waals surface area contributed by atoms with Gasteiger partial charge in [-0.15, -0.1) is 0 Å². The van der Waals surface area contributed by atoms with Crippen LogP contribution in [0.15, 0.2) is 0 Å². The maximum atomic E-state index is 5.69. The molecule has 4 heteroatoms. The molecule has 0 unspecified atom stereocenters. The van der Waals surface area contributed by atoms with E-state index in [2.05, 4.69) is 20.8 Å². The lowest BCUT2D eigenvalue weighted by Gasteiger charge is -2.41. The summed E-state index contributed by atoms with van der Waals surface area (Å²) in [6, 6.07) is 0. The molecule has 0 aromatic heterocycles. The Balaban J connectivity index is 4.94. The standard InChI is InChI=1S/C13H30O3Si/c1-7-9-11-13(3,12-10-8-2)17(14-4,15-5)16-6/h7-12H2,1-6H3. The molecule has 0 saturated heterocycles. The van der Waals surface area contributed by atoms with Crippen LogP contribution in [-0.2, 0) is 13.3 Å². The van der Waals surface area contributed by atoms with Crippen LogP contribution >= 0.6 is 0 Å². The van der Waals surface area contributed by atoms with E-state index in [1.165, 1.54) is 25.7 Å². The monoisotopic (exact) mass is 262 g/mol. The molecule has 0 fully saturated rings. The summed E-state index contributed by atoms with van der Waals surface area (Å²) in [4.78, 5) is 0. The summed E-state index contributed by atoms with van der Waals surface area (Å²) in [7, 11) is 2.61. The van der Waals surface area contributed by atoms with Crippen molar-refractivity contribution in [2.75, 3.05) is 21.3 Å². The Kier molecular flexibility index (Phi) is 8.29. The second-order valence-electron chi connectivity index (χ2n) is 4.94. The Morgan fingerprint density at radius 1 is 0.824 bits per heavy atom. The molecule has 0 aromatic rings. The minimum atomic E-state index is -2.55. The minimum absolute atomic E-state index is 0.0390. The van der Waals surface area contributed by atoms with E-state index in [9.17, 15) is 0 Å². The molecule has 0 aliphatic rings. The summed E-state index contributed by atoms with van der Waals surface area (Å²) in [5, 5.41) is 0.0390. The van der Waals surface area contributed by atoms with Crippen LogP contribution in [0.4, 0.5) is 0 Å². The Morgan fingerprint density at radius 3 is 1.41 bits per heavy atom. The maximum Gasteiger partial charge on any atom is 0.506 e. The summed E-state index contributed by atoms with van der Waals surface area (Å²) in [6.45, 7) is 6.70. The van der Waals surface area contributed by atoms with Crippen molar-refractivity contribution in [2.24, 2.45) is 0 Å². The highest BCUT2D eigenvalue weighted by molar-refractivity contribution is 6.64. The lowest BCUT2D eigenvalue weighted by Crippen LogP contribution is -2.53. The van der Waals surface area contributed by atoms with Crippen molar-refractivity contribution in [3.63, 3.8) is 0 Å². The van der Waals surface area contributed by atoms with Crippen molar-refractivity contribution >= 4 is 8.80 Å². The van der Waals surface area contributed by atoms with Crippen molar-refractivity contribution in [3.05, 3.63) is 0 Å². The molecule has 104 valence electrons. The van der Waals surface area contributed by atoms with E-state index in [1.54, 1.807) is 21.3 Å². The van der Waals surface area contributed by atoms with Gasteiger partial charge in [-0.25, -0.2) is 0 Å². The molecule has 3 nitrogen and oxygen atoms in total. The van der Waals surface area contributed by atoms with E-state index in [0.717, 1.165) is 12.8 Å². The van der Waals surface area contributed by atoms with Gasteiger partial charge in [-0.05, 0) is 12.8 Å². The molecule has 0 bridgehead atoms. The summed E-state index contributed by atoms with van der Waals surface area (Å²) >= 11 is 0. The predicted molar refractivity (Wildman–Crippen MR) is 74.2 cm³/mol. The maximum absolute atomic E-state index is 5.69. The molecule has 0 rings (SSSR count). The lowest BCUT2D eigenvalue weighted by atomic mass is 9.97. The van der Waals surface area contributed by atoms with E-state index in [0.29, 0.717) is 0 Å². The summed E-state index contributed by atoms with van der Waals surface area (Å²) in [5.41, 5.74) is 0. The van der Waals surface area contributed by atoms with Gasteiger partial charge in [0.25, 0.3) is 0 Å². The smallest absolute Gasteiger partial charge is 0.377 e. The van der Waals surface area contributed by atoms with Gasteiger partial charge in [-0.3, -0.25) is 0 Å². The van der Waals surface area contributed by atoms with E-state index in [1.807, 2.05) is 0 Å². The van der Waals surface area contributed by atoms with Gasteiger partial charge in [-0.2, -0.15) is 0 Å². The normalized spacial score (nSPS) is 13.1. The van der Waals surface area contributed by atoms with Crippen molar-refractivity contribution in [2.45, 2.75) is 64.3 Å². The molecule has 17 heavy (non-hydrogen) atoms. The zero-order valence-electron chi connectivity index (χ0n) is 12.5. The zero-order chi connectivity index (χ0) is 13.4. The molecule has 0 aliphatic heterocycles. The van der Waals surface area contributed by atoms with Crippen LogP contribution in [0.2, 0.25) is 5.04 Å². The first kappa shape index (κ1) is 17.1. The van der Waals surface area contributed by atoms with Gasteiger partial charge in [0.05, 0.1) is 0 Å². The third-order valence-electron chi connectivity index (χ3n) is 3.71. The molecule has 0 aliphatic carbocycles. The molecule has 0 atom stereocenters. The van der Waals surface area contributed by atoms with Gasteiger partial charge in [0.2, 0.25) is 0 Å². The van der Waals surface area contributed by atoms with Gasteiger partial charge in [0, 0.05) is 26.4 Å². The van der Waals surface area contributed by atoms with E-state index in [4.69, 9.17) is 13.3 Å². The van der Waals surface area contributed by atoms with Gasteiger partial charge < -0.3 is 13.3 Å². The first-order chi connectivity index (χ1) is 8.05. The van der Waals surface area contributed by atoms with E-state index >= 15 is 0 Å². The van der Waals surface area contributed by atoms with Crippen molar-refractivity contribution in [1.29, 1.82) is 0 Å². The van der Waals surface area contributed by atoms with Crippen LogP contribution in [0, 0.1) is 0 Å². The Morgan fingerprint density at radius 2 is 1.18 bits per heavy atom. The van der Waals surface area contributed by atoms with Crippen molar-refractivity contribution < 1.29 is 13.3 Å². The van der Waals surface area contributed by atoms with Crippen LogP contribution in [0.1, 0.15) is 59.3 Å². The quantitative estimate of drug-likeness (QED) is 0.557. The summed E-state index contributed by atoms with van der Waals surface area (Å²) < 4.78 is 17.1. The lowest BCUT2D eigenvalue weighted by molar-refractivity contribution is 0.0855. The zero-order valence-corrected chi connectivity index (χ0v) is 13.5. The minimum Gasteiger partial charge on any atom is -0.377 e. The summed E-state index contributed by atoms with van der Waals surface area (Å²) in [5.74, 6) is 0. The molecular weight excluding hydrogens is 232 g/mol. The first-order valence-corrected chi connectivity index (χ1v) is 8.43. The third kappa shape index (κ3) is 4.05.